The highest BCUT2D eigenvalue weighted by Gasteiger charge is 2.42. The lowest BCUT2D eigenvalue weighted by Gasteiger charge is -2.26. The van der Waals surface area contributed by atoms with Crippen LogP contribution in [0.15, 0.2) is 0 Å². The predicted octanol–water partition coefficient (Wildman–Crippen LogP) is 0.286. The summed E-state index contributed by atoms with van der Waals surface area (Å²) in [5.74, 6) is 1.12. The molecule has 1 rings (SSSR count). The van der Waals surface area contributed by atoms with Gasteiger partial charge in [0.05, 0.1) is 5.75 Å². The van der Waals surface area contributed by atoms with Crippen LogP contribution in [0.3, 0.4) is 0 Å². The van der Waals surface area contributed by atoms with Crippen molar-refractivity contribution in [1.29, 1.82) is 0 Å². The van der Waals surface area contributed by atoms with Crippen LogP contribution in [0.25, 0.3) is 0 Å². The minimum absolute atomic E-state index is 0.0329. The Balaban J connectivity index is 2.80. The molecule has 2 atom stereocenters. The van der Waals surface area contributed by atoms with Crippen LogP contribution < -0.4 is 10.9 Å². The summed E-state index contributed by atoms with van der Waals surface area (Å²) in [5.41, 5.74) is 5.41. The smallest absolute Gasteiger partial charge is 0.209 e. The molecule has 0 saturated heterocycles. The Kier molecular flexibility index (Phi) is 3.23. The van der Waals surface area contributed by atoms with E-state index in [2.05, 4.69) is 13.8 Å². The Morgan fingerprint density at radius 2 is 1.71 bits per heavy atom. The lowest BCUT2D eigenvalue weighted by molar-refractivity contribution is 0.334. The van der Waals surface area contributed by atoms with Crippen LogP contribution in [0.5, 0.6) is 0 Å². The molecule has 0 heterocycles. The molecule has 0 aromatic rings. The molecule has 0 aromatic carbocycles. The van der Waals surface area contributed by atoms with Crippen molar-refractivity contribution in [3.05, 3.63) is 0 Å². The fourth-order valence-corrected chi connectivity index (χ4v) is 3.83. The van der Waals surface area contributed by atoms with E-state index in [0.717, 1.165) is 12.8 Å². The first-order valence-corrected chi connectivity index (χ1v) is 6.70. The van der Waals surface area contributed by atoms with Gasteiger partial charge >= 0.3 is 0 Å². The number of nitrogens with two attached hydrogens (primary N) is 2. The highest BCUT2D eigenvalue weighted by Crippen LogP contribution is 2.45. The summed E-state index contributed by atoms with van der Waals surface area (Å²) in [4.78, 5) is 0. The molecule has 0 spiro atoms. The molecule has 1 fully saturated rings. The molecule has 0 radical (unpaired) electrons. The molecular formula is C9H20N2O2S. The average Bonchev–Trinajstić information content (AvgIpc) is 2.25. The Bertz CT molecular complexity index is 290. The standard InChI is InChI=1S/C9H20N2O2S/c1-7-3-9(5-10,4-8(7)2)6-14(11,12)13/h7-8H,3-6,10H2,1-2H3,(H2,11,12,13)/t7-,8-/m0/s1. The second kappa shape index (κ2) is 3.79. The van der Waals surface area contributed by atoms with Gasteiger partial charge in [-0.05, 0) is 36.6 Å². The van der Waals surface area contributed by atoms with Gasteiger partial charge in [0.15, 0.2) is 0 Å². The topological polar surface area (TPSA) is 86.2 Å². The van der Waals surface area contributed by atoms with Gasteiger partial charge in [0.1, 0.15) is 0 Å². The van der Waals surface area contributed by atoms with Gasteiger partial charge in [-0.15, -0.1) is 0 Å². The fraction of sp³-hybridized carbons (Fsp3) is 1.00. The van der Waals surface area contributed by atoms with E-state index in [4.69, 9.17) is 10.9 Å². The van der Waals surface area contributed by atoms with Crippen molar-refractivity contribution in [1.82, 2.24) is 0 Å². The summed E-state index contributed by atoms with van der Waals surface area (Å²) in [5, 5.41) is 5.08. The van der Waals surface area contributed by atoms with E-state index in [0.29, 0.717) is 18.4 Å². The van der Waals surface area contributed by atoms with Gasteiger partial charge in [-0.1, -0.05) is 13.8 Å². The van der Waals surface area contributed by atoms with E-state index in [1.165, 1.54) is 0 Å². The summed E-state index contributed by atoms with van der Waals surface area (Å²) in [6.45, 7) is 4.70. The minimum Gasteiger partial charge on any atom is -0.330 e. The SMILES string of the molecule is C[C@H]1CC(CN)(CS(N)(=O)=O)C[C@@H]1C. The van der Waals surface area contributed by atoms with Gasteiger partial charge in [-0.25, -0.2) is 13.6 Å². The average molecular weight is 220 g/mol. The number of hydrogen-bond donors (Lipinski definition) is 2. The third-order valence-corrected chi connectivity index (χ3v) is 4.44. The Morgan fingerprint density at radius 3 is 2.00 bits per heavy atom. The van der Waals surface area contributed by atoms with Gasteiger partial charge in [-0.3, -0.25) is 0 Å². The molecule has 4 N–H and O–H groups in total. The minimum atomic E-state index is -3.40. The van der Waals surface area contributed by atoms with E-state index in [1.54, 1.807) is 0 Å². The first-order valence-electron chi connectivity index (χ1n) is 4.98. The molecule has 5 heteroatoms. The molecule has 1 saturated carbocycles. The van der Waals surface area contributed by atoms with E-state index >= 15 is 0 Å². The number of rotatable bonds is 3. The maximum Gasteiger partial charge on any atom is 0.209 e. The maximum absolute atomic E-state index is 11.1. The largest absolute Gasteiger partial charge is 0.330 e. The van der Waals surface area contributed by atoms with E-state index in [-0.39, 0.29) is 11.2 Å². The number of hydrogen-bond acceptors (Lipinski definition) is 3. The zero-order valence-electron chi connectivity index (χ0n) is 8.86. The van der Waals surface area contributed by atoms with Gasteiger partial charge in [-0.2, -0.15) is 0 Å². The molecular weight excluding hydrogens is 200 g/mol. The van der Waals surface area contributed by atoms with Crippen LogP contribution in [0.2, 0.25) is 0 Å². The molecule has 0 bridgehead atoms. The lowest BCUT2D eigenvalue weighted by Crippen LogP contribution is -2.38. The monoisotopic (exact) mass is 220 g/mol. The van der Waals surface area contributed by atoms with Gasteiger partial charge in [0.25, 0.3) is 0 Å². The molecule has 0 unspecified atom stereocenters. The summed E-state index contributed by atoms with van der Waals surface area (Å²) in [6.07, 6.45) is 1.75. The van der Waals surface area contributed by atoms with Crippen molar-refractivity contribution in [3.63, 3.8) is 0 Å². The molecule has 0 amide bonds. The summed E-state index contributed by atoms with van der Waals surface area (Å²) >= 11 is 0. The van der Waals surface area contributed by atoms with E-state index in [1.807, 2.05) is 0 Å². The molecule has 0 aromatic heterocycles. The lowest BCUT2D eigenvalue weighted by atomic mass is 9.87. The fourth-order valence-electron chi connectivity index (χ4n) is 2.62. The van der Waals surface area contributed by atoms with Crippen molar-refractivity contribution in [2.75, 3.05) is 12.3 Å². The van der Waals surface area contributed by atoms with Crippen LogP contribution in [0.4, 0.5) is 0 Å². The van der Waals surface area contributed by atoms with Gasteiger partial charge in [0, 0.05) is 0 Å². The van der Waals surface area contributed by atoms with E-state index < -0.39 is 10.0 Å². The van der Waals surface area contributed by atoms with Crippen molar-refractivity contribution in [3.8, 4) is 0 Å². The van der Waals surface area contributed by atoms with Crippen molar-refractivity contribution < 1.29 is 8.42 Å². The maximum atomic E-state index is 11.1. The van der Waals surface area contributed by atoms with Crippen molar-refractivity contribution in [2.24, 2.45) is 28.1 Å². The normalized spacial score (nSPS) is 32.0. The van der Waals surface area contributed by atoms with Crippen molar-refractivity contribution in [2.45, 2.75) is 26.7 Å². The highest BCUT2D eigenvalue weighted by atomic mass is 32.2. The molecule has 4 nitrogen and oxygen atoms in total. The summed E-state index contributed by atoms with van der Waals surface area (Å²) < 4.78 is 22.2. The molecule has 84 valence electrons. The molecule has 14 heavy (non-hydrogen) atoms. The molecule has 0 aliphatic heterocycles. The predicted molar refractivity (Wildman–Crippen MR) is 57.0 cm³/mol. The number of sulfonamides is 1. The Morgan fingerprint density at radius 1 is 1.29 bits per heavy atom. The number of primary sulfonamides is 1. The van der Waals surface area contributed by atoms with Crippen molar-refractivity contribution >= 4 is 10.0 Å². The van der Waals surface area contributed by atoms with Crippen LogP contribution in [0.1, 0.15) is 26.7 Å². The molecule has 1 aliphatic carbocycles. The van der Waals surface area contributed by atoms with E-state index in [9.17, 15) is 8.42 Å². The van der Waals surface area contributed by atoms with Gasteiger partial charge in [0.2, 0.25) is 10.0 Å². The highest BCUT2D eigenvalue weighted by molar-refractivity contribution is 7.89. The zero-order valence-corrected chi connectivity index (χ0v) is 9.68. The van der Waals surface area contributed by atoms with Crippen LogP contribution in [-0.4, -0.2) is 20.7 Å². The molecule has 1 aliphatic rings. The third kappa shape index (κ3) is 2.68. The summed E-state index contributed by atoms with van der Waals surface area (Å²) in [6, 6.07) is 0. The second-order valence-corrected chi connectivity index (χ2v) is 6.49. The van der Waals surface area contributed by atoms with Crippen LogP contribution >= 0.6 is 0 Å². The third-order valence-electron chi connectivity index (χ3n) is 3.42. The second-order valence-electron chi connectivity index (χ2n) is 4.87. The van der Waals surface area contributed by atoms with Gasteiger partial charge < -0.3 is 5.73 Å². The summed E-state index contributed by atoms with van der Waals surface area (Å²) in [7, 11) is -3.40. The van der Waals surface area contributed by atoms with Crippen LogP contribution in [-0.2, 0) is 10.0 Å². The zero-order chi connectivity index (χ0) is 11.0. The first kappa shape index (κ1) is 11.9. The van der Waals surface area contributed by atoms with Crippen LogP contribution in [0, 0.1) is 17.3 Å². The Hall–Kier alpha value is -0.130. The first-order chi connectivity index (χ1) is 6.28. The quantitative estimate of drug-likeness (QED) is 0.716. The Labute approximate surface area is 86.1 Å².